The molecule has 1 aromatic rings. The quantitative estimate of drug-likeness (QED) is 0.889. The van der Waals surface area contributed by atoms with Crippen LogP contribution in [-0.2, 0) is 4.74 Å². The van der Waals surface area contributed by atoms with E-state index >= 15 is 0 Å². The van der Waals surface area contributed by atoms with Gasteiger partial charge in [-0.05, 0) is 44.7 Å². The fourth-order valence-electron chi connectivity index (χ4n) is 2.65. The molecule has 1 aliphatic carbocycles. The maximum absolute atomic E-state index is 12.2. The standard InChI is InChI=1S/C15H19F3N2O3/c1-9-5-6-12(13(21)19-9)14(22)20-10-3-2-4-11(7-10)23-8-15(16,17)18/h5-6,10-11H,2-4,7-8H2,1H3,(H,19,21)(H,20,22)/t10-,11+/m0/s1. The lowest BCUT2D eigenvalue weighted by Gasteiger charge is -2.30. The smallest absolute Gasteiger partial charge is 0.369 e. The molecule has 2 rings (SSSR count). The lowest BCUT2D eigenvalue weighted by atomic mass is 9.92. The number of hydrogen-bond acceptors (Lipinski definition) is 3. The monoisotopic (exact) mass is 332 g/mol. The molecule has 0 unspecified atom stereocenters. The Labute approximate surface area is 131 Å². The van der Waals surface area contributed by atoms with Crippen molar-refractivity contribution in [1.82, 2.24) is 10.3 Å². The maximum atomic E-state index is 12.2. The van der Waals surface area contributed by atoms with E-state index in [2.05, 4.69) is 10.3 Å². The fraction of sp³-hybridized carbons (Fsp3) is 0.600. The molecule has 1 aromatic heterocycles. The number of aromatic nitrogens is 1. The fourth-order valence-corrected chi connectivity index (χ4v) is 2.65. The van der Waals surface area contributed by atoms with Crippen molar-refractivity contribution in [2.45, 2.75) is 50.9 Å². The second-order valence-electron chi connectivity index (χ2n) is 5.77. The summed E-state index contributed by atoms with van der Waals surface area (Å²) in [7, 11) is 0. The third kappa shape index (κ3) is 5.38. The van der Waals surface area contributed by atoms with E-state index in [1.54, 1.807) is 13.0 Å². The van der Waals surface area contributed by atoms with E-state index in [1.807, 2.05) is 0 Å². The zero-order valence-electron chi connectivity index (χ0n) is 12.7. The zero-order valence-corrected chi connectivity index (χ0v) is 12.7. The summed E-state index contributed by atoms with van der Waals surface area (Å²) in [6.07, 6.45) is -2.73. The first-order valence-electron chi connectivity index (χ1n) is 7.44. The Bertz CT molecular complexity index is 613. The zero-order chi connectivity index (χ0) is 17.0. The molecule has 5 nitrogen and oxygen atoms in total. The number of rotatable bonds is 4. The Morgan fingerprint density at radius 3 is 2.78 bits per heavy atom. The molecule has 0 aliphatic heterocycles. The van der Waals surface area contributed by atoms with Gasteiger partial charge >= 0.3 is 6.18 Å². The average Bonchev–Trinajstić information content (AvgIpc) is 2.44. The summed E-state index contributed by atoms with van der Waals surface area (Å²) in [4.78, 5) is 26.4. The predicted octanol–water partition coefficient (Wildman–Crippen LogP) is 2.30. The molecule has 0 saturated heterocycles. The summed E-state index contributed by atoms with van der Waals surface area (Å²) in [5.41, 5.74) is 0.155. The number of ether oxygens (including phenoxy) is 1. The molecule has 0 radical (unpaired) electrons. The highest BCUT2D eigenvalue weighted by molar-refractivity contribution is 5.93. The maximum Gasteiger partial charge on any atom is 0.411 e. The number of H-pyrrole nitrogens is 1. The van der Waals surface area contributed by atoms with Crippen LogP contribution in [0.15, 0.2) is 16.9 Å². The van der Waals surface area contributed by atoms with E-state index < -0.39 is 30.4 Å². The van der Waals surface area contributed by atoms with E-state index in [-0.39, 0.29) is 11.6 Å². The third-order valence-corrected chi connectivity index (χ3v) is 3.74. The van der Waals surface area contributed by atoms with E-state index in [0.717, 1.165) is 0 Å². The normalized spacial score (nSPS) is 21.9. The van der Waals surface area contributed by atoms with Crippen molar-refractivity contribution in [3.05, 3.63) is 33.7 Å². The van der Waals surface area contributed by atoms with E-state index in [1.165, 1.54) is 6.07 Å². The summed E-state index contributed by atoms with van der Waals surface area (Å²) < 4.78 is 41.4. The number of alkyl halides is 3. The molecule has 128 valence electrons. The number of amides is 1. The van der Waals surface area contributed by atoms with Crippen LogP contribution in [0.5, 0.6) is 0 Å². The number of aromatic amines is 1. The van der Waals surface area contributed by atoms with E-state index in [9.17, 15) is 22.8 Å². The van der Waals surface area contributed by atoms with Crippen LogP contribution >= 0.6 is 0 Å². The minimum Gasteiger partial charge on any atom is -0.369 e. The van der Waals surface area contributed by atoms with Crippen LogP contribution in [0.2, 0.25) is 0 Å². The number of aryl methyl sites for hydroxylation is 1. The largest absolute Gasteiger partial charge is 0.411 e. The highest BCUT2D eigenvalue weighted by atomic mass is 19.4. The highest BCUT2D eigenvalue weighted by Gasteiger charge is 2.31. The van der Waals surface area contributed by atoms with Crippen molar-refractivity contribution in [2.75, 3.05) is 6.61 Å². The van der Waals surface area contributed by atoms with Crippen LogP contribution in [0.25, 0.3) is 0 Å². The Kier molecular flexibility index (Phi) is 5.46. The van der Waals surface area contributed by atoms with Gasteiger partial charge in [-0.25, -0.2) is 0 Å². The predicted molar refractivity (Wildman–Crippen MR) is 77.3 cm³/mol. The van der Waals surface area contributed by atoms with Gasteiger partial charge < -0.3 is 15.0 Å². The Morgan fingerprint density at radius 2 is 2.13 bits per heavy atom. The number of nitrogens with one attached hydrogen (secondary N) is 2. The van der Waals surface area contributed by atoms with Crippen molar-refractivity contribution in [3.63, 3.8) is 0 Å². The molecule has 1 aliphatic rings. The van der Waals surface area contributed by atoms with Crippen LogP contribution in [0, 0.1) is 6.92 Å². The molecular formula is C15H19F3N2O3. The van der Waals surface area contributed by atoms with Crippen LogP contribution in [0.3, 0.4) is 0 Å². The van der Waals surface area contributed by atoms with Crippen molar-refractivity contribution in [2.24, 2.45) is 0 Å². The lowest BCUT2D eigenvalue weighted by Crippen LogP contribution is -2.42. The van der Waals surface area contributed by atoms with Gasteiger partial charge in [0, 0.05) is 11.7 Å². The molecule has 0 spiro atoms. The van der Waals surface area contributed by atoms with Gasteiger partial charge in [0.2, 0.25) is 0 Å². The first kappa shape index (κ1) is 17.5. The van der Waals surface area contributed by atoms with Gasteiger partial charge in [-0.15, -0.1) is 0 Å². The minimum absolute atomic E-state index is 0.00562. The van der Waals surface area contributed by atoms with Crippen molar-refractivity contribution < 1.29 is 22.7 Å². The first-order valence-corrected chi connectivity index (χ1v) is 7.44. The summed E-state index contributed by atoms with van der Waals surface area (Å²) in [5, 5.41) is 2.70. The minimum atomic E-state index is -4.36. The van der Waals surface area contributed by atoms with E-state index in [4.69, 9.17) is 4.74 Å². The summed E-state index contributed by atoms with van der Waals surface area (Å²) in [6, 6.07) is 2.76. The number of carbonyl (C=O) groups is 1. The molecule has 1 saturated carbocycles. The van der Waals surface area contributed by atoms with E-state index in [0.29, 0.717) is 31.4 Å². The number of halogens is 3. The van der Waals surface area contributed by atoms with Crippen LogP contribution in [-0.4, -0.2) is 35.8 Å². The second-order valence-corrected chi connectivity index (χ2v) is 5.77. The van der Waals surface area contributed by atoms with Crippen molar-refractivity contribution >= 4 is 5.91 Å². The van der Waals surface area contributed by atoms with Crippen LogP contribution in [0.4, 0.5) is 13.2 Å². The Balaban J connectivity index is 1.92. The molecule has 1 fully saturated rings. The molecule has 0 bridgehead atoms. The Hall–Kier alpha value is -1.83. The lowest BCUT2D eigenvalue weighted by molar-refractivity contribution is -0.188. The first-order chi connectivity index (χ1) is 10.7. The van der Waals surface area contributed by atoms with Crippen LogP contribution < -0.4 is 10.9 Å². The molecule has 1 amide bonds. The molecule has 8 heteroatoms. The SMILES string of the molecule is Cc1ccc(C(=O)N[C@H]2CCC[C@@H](OCC(F)(F)F)C2)c(=O)[nH]1. The summed E-state index contributed by atoms with van der Waals surface area (Å²) in [6.45, 7) is 0.419. The Morgan fingerprint density at radius 1 is 1.39 bits per heavy atom. The van der Waals surface area contributed by atoms with Crippen molar-refractivity contribution in [3.8, 4) is 0 Å². The van der Waals surface area contributed by atoms with Gasteiger partial charge in [0.1, 0.15) is 12.2 Å². The second kappa shape index (κ2) is 7.16. The number of pyridine rings is 1. The van der Waals surface area contributed by atoms with Crippen molar-refractivity contribution in [1.29, 1.82) is 0 Å². The topological polar surface area (TPSA) is 71.2 Å². The van der Waals surface area contributed by atoms with Gasteiger partial charge in [-0.3, -0.25) is 9.59 Å². The number of hydrogen-bond donors (Lipinski definition) is 2. The van der Waals surface area contributed by atoms with Crippen LogP contribution in [0.1, 0.15) is 41.7 Å². The van der Waals surface area contributed by atoms with Gasteiger partial charge in [-0.2, -0.15) is 13.2 Å². The molecule has 2 N–H and O–H groups in total. The average molecular weight is 332 g/mol. The molecular weight excluding hydrogens is 313 g/mol. The van der Waals surface area contributed by atoms with Gasteiger partial charge in [-0.1, -0.05) is 0 Å². The molecule has 23 heavy (non-hydrogen) atoms. The van der Waals surface area contributed by atoms with Gasteiger partial charge in [0.25, 0.3) is 11.5 Å². The highest BCUT2D eigenvalue weighted by Crippen LogP contribution is 2.24. The third-order valence-electron chi connectivity index (χ3n) is 3.74. The van der Waals surface area contributed by atoms with Gasteiger partial charge in [0.15, 0.2) is 0 Å². The number of carbonyl (C=O) groups excluding carboxylic acids is 1. The molecule has 2 atom stereocenters. The summed E-state index contributed by atoms with van der Waals surface area (Å²) >= 11 is 0. The molecule has 1 heterocycles. The molecule has 0 aromatic carbocycles. The summed E-state index contributed by atoms with van der Waals surface area (Å²) in [5.74, 6) is -0.521. The van der Waals surface area contributed by atoms with Gasteiger partial charge in [0.05, 0.1) is 6.10 Å².